The monoisotopic (exact) mass is 257 g/mol. The van der Waals surface area contributed by atoms with Crippen molar-refractivity contribution in [3.63, 3.8) is 0 Å². The van der Waals surface area contributed by atoms with E-state index in [4.69, 9.17) is 10.5 Å². The second-order valence-corrected chi connectivity index (χ2v) is 4.97. The number of nitrogens with zero attached hydrogens (tertiary/aromatic N) is 2. The number of rotatable bonds is 2. The molecule has 1 aliphatic carbocycles. The number of nitrogens with one attached hydrogen (secondary N) is 1. The molecule has 0 unspecified atom stereocenters. The van der Waals surface area contributed by atoms with Crippen LogP contribution < -0.4 is 5.32 Å². The van der Waals surface area contributed by atoms with Crippen LogP contribution in [0.4, 0.5) is 10.1 Å². The molecular formula is C14H12FN3O. The Balaban J connectivity index is 2.16. The first kappa shape index (κ1) is 13.0. The lowest BCUT2D eigenvalue weighted by Crippen LogP contribution is -2.45. The molecule has 1 aromatic rings. The molecule has 1 aromatic carbocycles. The van der Waals surface area contributed by atoms with Crippen LogP contribution in [0.15, 0.2) is 18.2 Å². The molecule has 1 aliphatic rings. The van der Waals surface area contributed by atoms with Gasteiger partial charge in [-0.3, -0.25) is 4.79 Å². The number of halogens is 1. The van der Waals surface area contributed by atoms with Crippen molar-refractivity contribution in [2.24, 2.45) is 11.3 Å². The van der Waals surface area contributed by atoms with E-state index in [1.165, 1.54) is 12.1 Å². The number of benzene rings is 1. The predicted octanol–water partition coefficient (Wildman–Crippen LogP) is 2.58. The van der Waals surface area contributed by atoms with Crippen LogP contribution in [0.2, 0.25) is 0 Å². The van der Waals surface area contributed by atoms with Crippen LogP contribution in [0.1, 0.15) is 25.3 Å². The van der Waals surface area contributed by atoms with Gasteiger partial charge in [-0.25, -0.2) is 4.39 Å². The summed E-state index contributed by atoms with van der Waals surface area (Å²) in [5, 5.41) is 20.2. The fourth-order valence-electron chi connectivity index (χ4n) is 2.39. The van der Waals surface area contributed by atoms with E-state index in [2.05, 4.69) is 5.32 Å². The Morgan fingerprint density at radius 3 is 2.63 bits per heavy atom. The van der Waals surface area contributed by atoms with E-state index >= 15 is 0 Å². The second-order valence-electron chi connectivity index (χ2n) is 4.97. The molecule has 5 heteroatoms. The average Bonchev–Trinajstić information content (AvgIpc) is 2.36. The van der Waals surface area contributed by atoms with Crippen molar-refractivity contribution in [3.8, 4) is 12.1 Å². The molecule has 1 saturated carbocycles. The number of carbonyl (C=O) groups is 1. The Bertz CT molecular complexity index is 606. The Hall–Kier alpha value is -2.40. The Morgan fingerprint density at radius 1 is 1.47 bits per heavy atom. The van der Waals surface area contributed by atoms with Gasteiger partial charge in [-0.05, 0) is 37.0 Å². The molecule has 1 N–H and O–H groups in total. The first-order chi connectivity index (χ1) is 9.00. The van der Waals surface area contributed by atoms with Gasteiger partial charge >= 0.3 is 0 Å². The van der Waals surface area contributed by atoms with Gasteiger partial charge in [0.05, 0.1) is 23.4 Å². The highest BCUT2D eigenvalue weighted by Crippen LogP contribution is 2.45. The molecule has 1 fully saturated rings. The summed E-state index contributed by atoms with van der Waals surface area (Å²) in [6.45, 7) is 1.96. The summed E-state index contributed by atoms with van der Waals surface area (Å²) in [5.74, 6) is -0.819. The van der Waals surface area contributed by atoms with Gasteiger partial charge in [-0.2, -0.15) is 10.5 Å². The van der Waals surface area contributed by atoms with Crippen LogP contribution in [0, 0.1) is 39.8 Å². The van der Waals surface area contributed by atoms with Crippen molar-refractivity contribution in [2.75, 3.05) is 5.32 Å². The van der Waals surface area contributed by atoms with Crippen molar-refractivity contribution in [1.29, 1.82) is 10.5 Å². The maximum atomic E-state index is 13.6. The number of nitriles is 2. The Morgan fingerprint density at radius 2 is 2.16 bits per heavy atom. The number of anilines is 1. The van der Waals surface area contributed by atoms with Gasteiger partial charge in [0.25, 0.3) is 0 Å². The zero-order valence-electron chi connectivity index (χ0n) is 10.4. The van der Waals surface area contributed by atoms with Crippen LogP contribution in [0.25, 0.3) is 0 Å². The van der Waals surface area contributed by atoms with Crippen LogP contribution in [0.3, 0.4) is 0 Å². The fourth-order valence-corrected chi connectivity index (χ4v) is 2.39. The highest BCUT2D eigenvalue weighted by Gasteiger charge is 2.49. The minimum atomic E-state index is -1.04. The highest BCUT2D eigenvalue weighted by atomic mass is 19.1. The van der Waals surface area contributed by atoms with Crippen molar-refractivity contribution in [2.45, 2.75) is 19.8 Å². The van der Waals surface area contributed by atoms with Gasteiger partial charge in [-0.1, -0.05) is 6.92 Å². The molecule has 0 atom stereocenters. The Kier molecular flexibility index (Phi) is 3.23. The Labute approximate surface area is 110 Å². The molecule has 96 valence electrons. The lowest BCUT2D eigenvalue weighted by atomic mass is 9.63. The predicted molar refractivity (Wildman–Crippen MR) is 66.2 cm³/mol. The summed E-state index contributed by atoms with van der Waals surface area (Å²) < 4.78 is 13.6. The van der Waals surface area contributed by atoms with Gasteiger partial charge in [0.15, 0.2) is 0 Å². The van der Waals surface area contributed by atoms with E-state index in [0.717, 1.165) is 6.07 Å². The maximum absolute atomic E-state index is 13.6. The molecule has 0 radical (unpaired) electrons. The zero-order chi connectivity index (χ0) is 14.0. The summed E-state index contributed by atoms with van der Waals surface area (Å²) in [6.07, 6.45) is 0.987. The molecule has 0 aromatic heterocycles. The SMILES string of the molecule is CC1CC(C#N)(C(=O)Nc2ccc(C#N)cc2F)C1. The molecule has 0 aliphatic heterocycles. The molecule has 0 saturated heterocycles. The van der Waals surface area contributed by atoms with Gasteiger partial charge < -0.3 is 5.32 Å². The maximum Gasteiger partial charge on any atom is 0.244 e. The fraction of sp³-hybridized carbons (Fsp3) is 0.357. The first-order valence-corrected chi connectivity index (χ1v) is 5.93. The third-order valence-corrected chi connectivity index (χ3v) is 3.39. The minimum Gasteiger partial charge on any atom is -0.322 e. The molecule has 0 heterocycles. The number of hydrogen-bond donors (Lipinski definition) is 1. The van der Waals surface area contributed by atoms with Crippen molar-refractivity contribution in [1.82, 2.24) is 0 Å². The molecule has 0 spiro atoms. The lowest BCUT2D eigenvalue weighted by Gasteiger charge is -2.39. The molecular weight excluding hydrogens is 245 g/mol. The average molecular weight is 257 g/mol. The van der Waals surface area contributed by atoms with Crippen LogP contribution >= 0.6 is 0 Å². The number of carbonyl (C=O) groups excluding carboxylic acids is 1. The standard InChI is InChI=1S/C14H12FN3O/c1-9-5-14(6-9,8-17)13(19)18-12-3-2-10(7-16)4-11(12)15/h2-4,9H,5-6H2,1H3,(H,18,19). The third-order valence-electron chi connectivity index (χ3n) is 3.39. The van der Waals surface area contributed by atoms with E-state index < -0.39 is 17.1 Å². The summed E-state index contributed by atoms with van der Waals surface area (Å²) in [6, 6.07) is 7.64. The molecule has 1 amide bonds. The number of amides is 1. The number of hydrogen-bond acceptors (Lipinski definition) is 3. The second kappa shape index (κ2) is 4.70. The summed E-state index contributed by atoms with van der Waals surface area (Å²) >= 11 is 0. The summed E-state index contributed by atoms with van der Waals surface area (Å²) in [4.78, 5) is 12.0. The van der Waals surface area contributed by atoms with Gasteiger partial charge in [0.2, 0.25) is 5.91 Å². The normalized spacial score (nSPS) is 24.7. The quantitative estimate of drug-likeness (QED) is 0.884. The van der Waals surface area contributed by atoms with E-state index in [0.29, 0.717) is 18.8 Å². The first-order valence-electron chi connectivity index (χ1n) is 5.93. The van der Waals surface area contributed by atoms with E-state index in [1.54, 1.807) is 0 Å². The lowest BCUT2D eigenvalue weighted by molar-refractivity contribution is -0.128. The van der Waals surface area contributed by atoms with Crippen LogP contribution in [0.5, 0.6) is 0 Å². The van der Waals surface area contributed by atoms with Crippen molar-refractivity contribution >= 4 is 11.6 Å². The highest BCUT2D eigenvalue weighted by molar-refractivity contribution is 5.98. The molecule has 4 nitrogen and oxygen atoms in total. The van der Waals surface area contributed by atoms with Gasteiger partial charge in [-0.15, -0.1) is 0 Å². The molecule has 19 heavy (non-hydrogen) atoms. The third kappa shape index (κ3) is 2.28. The van der Waals surface area contributed by atoms with Crippen LogP contribution in [-0.4, -0.2) is 5.91 Å². The van der Waals surface area contributed by atoms with E-state index in [1.807, 2.05) is 19.1 Å². The van der Waals surface area contributed by atoms with Crippen molar-refractivity contribution < 1.29 is 9.18 Å². The molecule has 0 bridgehead atoms. The summed E-state index contributed by atoms with van der Waals surface area (Å²) in [5.41, 5.74) is -0.860. The smallest absolute Gasteiger partial charge is 0.244 e. The van der Waals surface area contributed by atoms with Gasteiger partial charge in [0, 0.05) is 0 Å². The largest absolute Gasteiger partial charge is 0.322 e. The summed E-state index contributed by atoms with van der Waals surface area (Å²) in [7, 11) is 0. The minimum absolute atomic E-state index is 0.00169. The molecule has 2 rings (SSSR count). The van der Waals surface area contributed by atoms with Crippen LogP contribution in [-0.2, 0) is 4.79 Å². The van der Waals surface area contributed by atoms with E-state index in [9.17, 15) is 9.18 Å². The zero-order valence-corrected chi connectivity index (χ0v) is 10.4. The van der Waals surface area contributed by atoms with Gasteiger partial charge in [0.1, 0.15) is 11.2 Å². The van der Waals surface area contributed by atoms with Crippen molar-refractivity contribution in [3.05, 3.63) is 29.6 Å². The van der Waals surface area contributed by atoms with E-state index in [-0.39, 0.29) is 11.3 Å². The topological polar surface area (TPSA) is 76.7 Å².